The van der Waals surface area contributed by atoms with Crippen LogP contribution in [0, 0.1) is 6.92 Å². The second kappa shape index (κ2) is 5.75. The lowest BCUT2D eigenvalue weighted by Crippen LogP contribution is -2.29. The van der Waals surface area contributed by atoms with Gasteiger partial charge in [-0.05, 0) is 30.5 Å². The highest BCUT2D eigenvalue weighted by atomic mass is 15.3. The Bertz CT molecular complexity index is 506. The maximum absolute atomic E-state index is 5.67. The fourth-order valence-electron chi connectivity index (χ4n) is 2.02. The van der Waals surface area contributed by atoms with Crippen LogP contribution in [0.1, 0.15) is 36.1 Å². The molecule has 2 aromatic heterocycles. The first-order chi connectivity index (χ1) is 8.76. The molecule has 18 heavy (non-hydrogen) atoms. The number of nitrogens with one attached hydrogen (secondary N) is 1. The topological polar surface area (TPSA) is 68.8 Å². The lowest BCUT2D eigenvalue weighted by Gasteiger charge is -2.16. The first-order valence-corrected chi connectivity index (χ1v) is 6.15. The third-order valence-electron chi connectivity index (χ3n) is 3.00. The Balaban J connectivity index is 2.30. The molecule has 0 fully saturated rings. The van der Waals surface area contributed by atoms with E-state index in [0.29, 0.717) is 0 Å². The average molecular weight is 245 g/mol. The lowest BCUT2D eigenvalue weighted by atomic mass is 10.00. The highest BCUT2D eigenvalue weighted by Gasteiger charge is 2.16. The van der Waals surface area contributed by atoms with Crippen LogP contribution >= 0.6 is 0 Å². The molecule has 0 aliphatic carbocycles. The van der Waals surface area contributed by atoms with Crippen LogP contribution < -0.4 is 11.3 Å². The number of hydrogen-bond donors (Lipinski definition) is 2. The zero-order chi connectivity index (χ0) is 13.0. The molecule has 0 bridgehead atoms. The molecule has 1 unspecified atom stereocenters. The molecule has 5 nitrogen and oxygen atoms in total. The maximum atomic E-state index is 5.67. The zero-order valence-corrected chi connectivity index (χ0v) is 10.8. The second-order valence-corrected chi connectivity index (χ2v) is 4.37. The van der Waals surface area contributed by atoms with Gasteiger partial charge in [-0.2, -0.15) is 5.10 Å². The summed E-state index contributed by atoms with van der Waals surface area (Å²) in [5, 5.41) is 4.33. The van der Waals surface area contributed by atoms with Crippen molar-refractivity contribution in [2.24, 2.45) is 5.84 Å². The predicted molar refractivity (Wildman–Crippen MR) is 70.7 cm³/mol. The number of nitrogens with two attached hydrogens (primary N) is 1. The van der Waals surface area contributed by atoms with Crippen LogP contribution in [0.3, 0.4) is 0 Å². The molecular weight excluding hydrogens is 226 g/mol. The molecule has 0 aromatic carbocycles. The molecule has 1 atom stereocenters. The summed E-state index contributed by atoms with van der Waals surface area (Å²) in [7, 11) is 0. The number of hydrazine groups is 1. The molecule has 0 spiro atoms. The van der Waals surface area contributed by atoms with Crippen molar-refractivity contribution in [1.82, 2.24) is 20.2 Å². The Morgan fingerprint density at radius 1 is 1.44 bits per heavy atom. The molecule has 2 heterocycles. The highest BCUT2D eigenvalue weighted by Crippen LogP contribution is 2.22. The smallest absolute Gasteiger partial charge is 0.0758 e. The van der Waals surface area contributed by atoms with E-state index in [1.807, 2.05) is 29.3 Å². The monoisotopic (exact) mass is 245 g/mol. The number of pyridine rings is 1. The van der Waals surface area contributed by atoms with Gasteiger partial charge in [0, 0.05) is 30.7 Å². The van der Waals surface area contributed by atoms with Crippen molar-refractivity contribution in [3.63, 3.8) is 0 Å². The molecule has 2 aromatic rings. The normalized spacial score (nSPS) is 12.6. The third-order valence-corrected chi connectivity index (χ3v) is 3.00. The van der Waals surface area contributed by atoms with Crippen LogP contribution in [0.25, 0.3) is 0 Å². The lowest BCUT2D eigenvalue weighted by molar-refractivity contribution is 0.597. The van der Waals surface area contributed by atoms with Crippen LogP contribution in [0.4, 0.5) is 0 Å². The molecule has 96 valence electrons. The summed E-state index contributed by atoms with van der Waals surface area (Å²) in [6, 6.07) is 1.92. The van der Waals surface area contributed by atoms with E-state index >= 15 is 0 Å². The first kappa shape index (κ1) is 12.7. The number of aryl methyl sites for hydroxylation is 2. The highest BCUT2D eigenvalue weighted by molar-refractivity contribution is 5.32. The average Bonchev–Trinajstić information content (AvgIpc) is 2.82. The summed E-state index contributed by atoms with van der Waals surface area (Å²) in [4.78, 5) is 4.16. The molecule has 0 aliphatic heterocycles. The van der Waals surface area contributed by atoms with Crippen LogP contribution in [-0.2, 0) is 6.54 Å². The summed E-state index contributed by atoms with van der Waals surface area (Å²) in [6.07, 6.45) is 8.57. The number of hydrogen-bond acceptors (Lipinski definition) is 4. The van der Waals surface area contributed by atoms with E-state index in [-0.39, 0.29) is 6.04 Å². The van der Waals surface area contributed by atoms with Crippen molar-refractivity contribution in [2.45, 2.75) is 32.9 Å². The largest absolute Gasteiger partial charge is 0.272 e. The summed E-state index contributed by atoms with van der Waals surface area (Å²) in [5.74, 6) is 5.67. The number of rotatable bonds is 5. The molecular formula is C13H19N5. The van der Waals surface area contributed by atoms with E-state index in [4.69, 9.17) is 5.84 Å². The van der Waals surface area contributed by atoms with E-state index in [1.54, 1.807) is 6.20 Å². The zero-order valence-electron chi connectivity index (χ0n) is 10.8. The van der Waals surface area contributed by atoms with Crippen molar-refractivity contribution < 1.29 is 0 Å². The van der Waals surface area contributed by atoms with E-state index in [1.165, 1.54) is 0 Å². The Kier molecular flexibility index (Phi) is 4.07. The Morgan fingerprint density at radius 2 is 2.28 bits per heavy atom. The van der Waals surface area contributed by atoms with Crippen molar-refractivity contribution in [3.8, 4) is 0 Å². The van der Waals surface area contributed by atoms with Gasteiger partial charge >= 0.3 is 0 Å². The molecule has 0 saturated carbocycles. The fourth-order valence-corrected chi connectivity index (χ4v) is 2.02. The van der Waals surface area contributed by atoms with Crippen molar-refractivity contribution >= 4 is 0 Å². The summed E-state index contributed by atoms with van der Waals surface area (Å²) in [6.45, 7) is 5.10. The predicted octanol–water partition coefficient (Wildman–Crippen LogP) is 1.55. The van der Waals surface area contributed by atoms with Crippen LogP contribution in [-0.4, -0.2) is 14.8 Å². The Labute approximate surface area is 107 Å². The van der Waals surface area contributed by atoms with Gasteiger partial charge in [0.1, 0.15) is 0 Å². The molecule has 5 heteroatoms. The van der Waals surface area contributed by atoms with Gasteiger partial charge in [-0.15, -0.1) is 0 Å². The Morgan fingerprint density at radius 3 is 2.94 bits per heavy atom. The van der Waals surface area contributed by atoms with E-state index in [2.05, 4.69) is 29.4 Å². The first-order valence-electron chi connectivity index (χ1n) is 6.15. The molecule has 2 rings (SSSR count). The van der Waals surface area contributed by atoms with Crippen molar-refractivity contribution in [3.05, 3.63) is 47.5 Å². The number of aromatic nitrogens is 3. The molecule has 0 amide bonds. The van der Waals surface area contributed by atoms with Crippen LogP contribution in [0.5, 0.6) is 0 Å². The van der Waals surface area contributed by atoms with Gasteiger partial charge in [0.15, 0.2) is 0 Å². The quantitative estimate of drug-likeness (QED) is 0.619. The van der Waals surface area contributed by atoms with Crippen molar-refractivity contribution in [2.75, 3.05) is 0 Å². The van der Waals surface area contributed by atoms with Gasteiger partial charge in [-0.25, -0.2) is 5.43 Å². The fraction of sp³-hybridized carbons (Fsp3) is 0.385. The van der Waals surface area contributed by atoms with E-state index < -0.39 is 0 Å². The van der Waals surface area contributed by atoms with Crippen LogP contribution in [0.2, 0.25) is 0 Å². The Hall–Kier alpha value is -1.72. The van der Waals surface area contributed by atoms with Gasteiger partial charge < -0.3 is 0 Å². The standard InChI is InChI=1S/C13H19N5/c1-3-6-18-9-11(7-16-18)13(17-14)12-8-15-5-4-10(12)2/h4-5,7-9,13,17H,3,6,14H2,1-2H3. The van der Waals surface area contributed by atoms with Gasteiger partial charge in [-0.1, -0.05) is 6.92 Å². The third kappa shape index (κ3) is 2.57. The number of nitrogens with zero attached hydrogens (tertiary/aromatic N) is 3. The molecule has 3 N–H and O–H groups in total. The van der Waals surface area contributed by atoms with Gasteiger partial charge in [0.25, 0.3) is 0 Å². The minimum Gasteiger partial charge on any atom is -0.272 e. The molecule has 0 radical (unpaired) electrons. The van der Waals surface area contributed by atoms with Gasteiger partial charge in [-0.3, -0.25) is 15.5 Å². The maximum Gasteiger partial charge on any atom is 0.0758 e. The summed E-state index contributed by atoms with van der Waals surface area (Å²) >= 11 is 0. The van der Waals surface area contributed by atoms with E-state index in [0.717, 1.165) is 29.7 Å². The van der Waals surface area contributed by atoms with Gasteiger partial charge in [0.2, 0.25) is 0 Å². The molecule has 0 saturated heterocycles. The van der Waals surface area contributed by atoms with Gasteiger partial charge in [0.05, 0.1) is 12.2 Å². The minimum atomic E-state index is -0.0655. The second-order valence-electron chi connectivity index (χ2n) is 4.37. The summed E-state index contributed by atoms with van der Waals surface area (Å²) in [5.41, 5.74) is 6.14. The summed E-state index contributed by atoms with van der Waals surface area (Å²) < 4.78 is 1.94. The van der Waals surface area contributed by atoms with Crippen molar-refractivity contribution in [1.29, 1.82) is 0 Å². The molecule has 0 aliphatic rings. The van der Waals surface area contributed by atoms with E-state index in [9.17, 15) is 0 Å². The van der Waals surface area contributed by atoms with Crippen LogP contribution in [0.15, 0.2) is 30.9 Å². The minimum absolute atomic E-state index is 0.0655. The SMILES string of the molecule is CCCn1cc(C(NN)c2cnccc2C)cn1.